The molecule has 178 valence electrons. The first-order valence-corrected chi connectivity index (χ1v) is 12.2. The lowest BCUT2D eigenvalue weighted by Crippen LogP contribution is -2.33. The van der Waals surface area contributed by atoms with E-state index in [4.69, 9.17) is 14.2 Å². The minimum absolute atomic E-state index is 0.307. The average molecular weight is 453 g/mol. The van der Waals surface area contributed by atoms with Gasteiger partial charge in [-0.1, -0.05) is 42.5 Å². The average Bonchev–Trinajstić information content (AvgIpc) is 3.28. The molecule has 0 radical (unpaired) electrons. The molecule has 1 unspecified atom stereocenters. The first-order valence-electron chi connectivity index (χ1n) is 12.2. The zero-order valence-electron chi connectivity index (χ0n) is 19.7. The van der Waals surface area contributed by atoms with Crippen molar-refractivity contribution in [1.29, 1.82) is 0 Å². The second-order valence-electron chi connectivity index (χ2n) is 8.88. The molecule has 2 aromatic carbocycles. The zero-order valence-corrected chi connectivity index (χ0v) is 19.7. The molecule has 6 heteroatoms. The number of nitrogens with zero attached hydrogens (tertiary/aromatic N) is 1. The van der Waals surface area contributed by atoms with Crippen LogP contribution in [0.3, 0.4) is 0 Å². The van der Waals surface area contributed by atoms with E-state index in [-0.39, 0.29) is 5.97 Å². The molecule has 1 aliphatic heterocycles. The number of esters is 1. The van der Waals surface area contributed by atoms with Gasteiger partial charge < -0.3 is 19.5 Å². The summed E-state index contributed by atoms with van der Waals surface area (Å²) in [6.07, 6.45) is -0.0622. The predicted molar refractivity (Wildman–Crippen MR) is 128 cm³/mol. The molecule has 4 atom stereocenters. The minimum Gasteiger partial charge on any atom is -0.492 e. The lowest BCUT2D eigenvalue weighted by molar-refractivity contribution is -0.156. The molecule has 1 N–H and O–H groups in total. The van der Waals surface area contributed by atoms with E-state index in [1.54, 1.807) is 6.92 Å². The van der Waals surface area contributed by atoms with Gasteiger partial charge in [0.2, 0.25) is 0 Å². The minimum atomic E-state index is -0.562. The highest BCUT2D eigenvalue weighted by Gasteiger charge is 2.55. The molecule has 1 heterocycles. The second kappa shape index (κ2) is 11.6. The maximum atomic E-state index is 12.0. The van der Waals surface area contributed by atoms with Crippen molar-refractivity contribution in [3.8, 4) is 5.75 Å². The second-order valence-corrected chi connectivity index (χ2v) is 8.88. The highest BCUT2D eigenvalue weighted by molar-refractivity contribution is 5.75. The quantitative estimate of drug-likeness (QED) is 0.372. The lowest BCUT2D eigenvalue weighted by Gasteiger charge is -2.20. The number of carbonyl (C=O) groups is 1. The van der Waals surface area contributed by atoms with E-state index in [0.717, 1.165) is 36.2 Å². The SMILES string of the molecule is CCOC(=O)[C@H](Cc1ccc(OCCN[C@H]2C3CN(Cc4ccccc4)C[C@@H]32)cc1)OCC. The Hall–Kier alpha value is -2.41. The van der Waals surface area contributed by atoms with E-state index >= 15 is 0 Å². The van der Waals surface area contributed by atoms with Crippen LogP contribution in [0.1, 0.15) is 25.0 Å². The van der Waals surface area contributed by atoms with E-state index in [0.29, 0.717) is 32.3 Å². The Morgan fingerprint density at radius 3 is 2.39 bits per heavy atom. The Bertz CT molecular complexity index is 861. The van der Waals surface area contributed by atoms with Crippen LogP contribution in [0.4, 0.5) is 0 Å². The molecule has 33 heavy (non-hydrogen) atoms. The Morgan fingerprint density at radius 1 is 1.00 bits per heavy atom. The van der Waals surface area contributed by atoms with Crippen molar-refractivity contribution in [2.75, 3.05) is 39.5 Å². The Labute approximate surface area is 197 Å². The molecule has 2 fully saturated rings. The van der Waals surface area contributed by atoms with Gasteiger partial charge in [-0.25, -0.2) is 4.79 Å². The summed E-state index contributed by atoms with van der Waals surface area (Å²) in [5.41, 5.74) is 2.43. The fraction of sp³-hybridized carbons (Fsp3) is 0.519. The topological polar surface area (TPSA) is 60.0 Å². The maximum absolute atomic E-state index is 12.0. The van der Waals surface area contributed by atoms with Crippen LogP contribution in [0, 0.1) is 11.8 Å². The van der Waals surface area contributed by atoms with Crippen molar-refractivity contribution >= 4 is 5.97 Å². The van der Waals surface area contributed by atoms with Crippen molar-refractivity contribution in [2.24, 2.45) is 11.8 Å². The van der Waals surface area contributed by atoms with E-state index in [2.05, 4.69) is 40.5 Å². The van der Waals surface area contributed by atoms with Crippen molar-refractivity contribution in [3.63, 3.8) is 0 Å². The molecule has 0 amide bonds. The molecule has 2 aromatic rings. The number of ether oxygens (including phenoxy) is 3. The fourth-order valence-electron chi connectivity index (χ4n) is 4.86. The van der Waals surface area contributed by atoms with Crippen LogP contribution in [0.2, 0.25) is 0 Å². The van der Waals surface area contributed by atoms with Gasteiger partial charge in [0.25, 0.3) is 0 Å². The molecular formula is C27H36N2O4. The zero-order chi connectivity index (χ0) is 23.0. The molecule has 4 rings (SSSR count). The van der Waals surface area contributed by atoms with Gasteiger partial charge in [0, 0.05) is 45.2 Å². The number of rotatable bonds is 13. The number of hydrogen-bond acceptors (Lipinski definition) is 6. The van der Waals surface area contributed by atoms with E-state index in [9.17, 15) is 4.79 Å². The van der Waals surface area contributed by atoms with Gasteiger partial charge >= 0.3 is 5.97 Å². The van der Waals surface area contributed by atoms with Crippen LogP contribution in [0.5, 0.6) is 5.75 Å². The number of likely N-dealkylation sites (tertiary alicyclic amines) is 1. The van der Waals surface area contributed by atoms with Gasteiger partial charge in [0.05, 0.1) is 6.61 Å². The number of benzene rings is 2. The summed E-state index contributed by atoms with van der Waals surface area (Å²) in [6, 6.07) is 19.3. The summed E-state index contributed by atoms with van der Waals surface area (Å²) in [5, 5.41) is 3.67. The monoisotopic (exact) mass is 452 g/mol. The molecule has 2 aliphatic rings. The molecule has 0 aromatic heterocycles. The Balaban J connectivity index is 1.12. The third-order valence-electron chi connectivity index (χ3n) is 6.53. The summed E-state index contributed by atoms with van der Waals surface area (Å²) in [6.45, 7) is 9.46. The van der Waals surface area contributed by atoms with E-state index in [1.807, 2.05) is 31.2 Å². The molecule has 1 saturated carbocycles. The molecule has 1 aliphatic carbocycles. The predicted octanol–water partition coefficient (Wildman–Crippen LogP) is 3.30. The summed E-state index contributed by atoms with van der Waals surface area (Å²) in [5.74, 6) is 2.10. The van der Waals surface area contributed by atoms with Gasteiger partial charge in [-0.2, -0.15) is 0 Å². The molecule has 6 nitrogen and oxygen atoms in total. The fourth-order valence-corrected chi connectivity index (χ4v) is 4.86. The first-order chi connectivity index (χ1) is 16.2. The van der Waals surface area contributed by atoms with Gasteiger partial charge in [0.15, 0.2) is 6.10 Å². The van der Waals surface area contributed by atoms with Gasteiger partial charge in [0.1, 0.15) is 12.4 Å². The normalized spacial score (nSPS) is 22.5. The largest absolute Gasteiger partial charge is 0.492 e. The third-order valence-corrected chi connectivity index (χ3v) is 6.53. The van der Waals surface area contributed by atoms with Crippen molar-refractivity contribution in [2.45, 2.75) is 39.0 Å². The van der Waals surface area contributed by atoms with Crippen LogP contribution in [-0.4, -0.2) is 62.5 Å². The summed E-state index contributed by atoms with van der Waals surface area (Å²) < 4.78 is 16.6. The molecule has 1 saturated heterocycles. The highest BCUT2D eigenvalue weighted by atomic mass is 16.6. The molecule has 0 bridgehead atoms. The van der Waals surface area contributed by atoms with Gasteiger partial charge in [-0.05, 0) is 48.9 Å². The van der Waals surface area contributed by atoms with Crippen LogP contribution in [-0.2, 0) is 27.2 Å². The molecule has 0 spiro atoms. The first kappa shape index (κ1) is 23.7. The smallest absolute Gasteiger partial charge is 0.335 e. The van der Waals surface area contributed by atoms with Crippen molar-refractivity contribution < 1.29 is 19.0 Å². The lowest BCUT2D eigenvalue weighted by atomic mass is 10.1. The van der Waals surface area contributed by atoms with Crippen LogP contribution in [0.25, 0.3) is 0 Å². The number of carbonyl (C=O) groups excluding carboxylic acids is 1. The standard InChI is InChI=1S/C27H36N2O4/c1-3-31-25(27(30)32-4-2)16-20-10-12-22(13-11-20)33-15-14-28-26-23-18-29(19-24(23)26)17-21-8-6-5-7-9-21/h5-13,23-26,28H,3-4,14-19H2,1-2H3/t23-,24?,25-,26+/m0/s1. The van der Waals surface area contributed by atoms with E-state index < -0.39 is 6.10 Å². The van der Waals surface area contributed by atoms with Gasteiger partial charge in [-0.15, -0.1) is 0 Å². The Kier molecular flexibility index (Phi) is 8.37. The molecular weight excluding hydrogens is 416 g/mol. The van der Waals surface area contributed by atoms with Crippen molar-refractivity contribution in [1.82, 2.24) is 10.2 Å². The highest BCUT2D eigenvalue weighted by Crippen LogP contribution is 2.45. The number of hydrogen-bond donors (Lipinski definition) is 1. The Morgan fingerprint density at radius 2 is 1.73 bits per heavy atom. The summed E-state index contributed by atoms with van der Waals surface area (Å²) in [7, 11) is 0. The van der Waals surface area contributed by atoms with Crippen LogP contribution < -0.4 is 10.1 Å². The third kappa shape index (κ3) is 6.56. The van der Waals surface area contributed by atoms with E-state index in [1.165, 1.54) is 18.7 Å². The summed E-state index contributed by atoms with van der Waals surface area (Å²) in [4.78, 5) is 14.6. The maximum Gasteiger partial charge on any atom is 0.335 e. The van der Waals surface area contributed by atoms with Crippen molar-refractivity contribution in [3.05, 3.63) is 65.7 Å². The van der Waals surface area contributed by atoms with Crippen LogP contribution in [0.15, 0.2) is 54.6 Å². The van der Waals surface area contributed by atoms with Crippen LogP contribution >= 0.6 is 0 Å². The summed E-state index contributed by atoms with van der Waals surface area (Å²) >= 11 is 0. The number of nitrogens with one attached hydrogen (secondary N) is 1. The number of piperidine rings is 1. The van der Waals surface area contributed by atoms with Gasteiger partial charge in [-0.3, -0.25) is 4.90 Å². The number of fused-ring (bicyclic) bond motifs is 1.